The van der Waals surface area contributed by atoms with Gasteiger partial charge in [-0.3, -0.25) is 0 Å². The Balaban J connectivity index is 1.17. The molecule has 0 aliphatic heterocycles. The Bertz CT molecular complexity index is 3240. The molecule has 0 N–H and O–H groups in total. The Labute approximate surface area is 330 Å². The number of aromatic nitrogens is 4. The molecule has 0 bridgehead atoms. The molecule has 11 aromatic rings. The maximum atomic E-state index is 5.31. The number of rotatable bonds is 6. The third-order valence-corrected chi connectivity index (χ3v) is 11.1. The van der Waals surface area contributed by atoms with Crippen molar-refractivity contribution in [1.82, 2.24) is 19.5 Å². The number of hydrogen-bond donors (Lipinski definition) is 0. The summed E-state index contributed by atoms with van der Waals surface area (Å²) in [5.74, 6) is 1.86. The van der Waals surface area contributed by atoms with E-state index in [1.54, 1.807) is 0 Å². The minimum atomic E-state index is 0.609. The van der Waals surface area contributed by atoms with Crippen molar-refractivity contribution in [3.8, 4) is 62.1 Å². The SMILES string of the molecule is c1ccc(-c2ccccc2-c2nc(-c3ccc(-c4ccccc4)c(-n4c5ccccc5c5ccccc54)c3)nc(-c3ccc4c(ccc5ccccc54)c3)n2)cc1. The summed E-state index contributed by atoms with van der Waals surface area (Å²) in [6, 6.07) is 72.8. The maximum Gasteiger partial charge on any atom is 0.164 e. The lowest BCUT2D eigenvalue weighted by Crippen LogP contribution is -2.03. The van der Waals surface area contributed by atoms with Gasteiger partial charge in [0.05, 0.1) is 16.7 Å². The van der Waals surface area contributed by atoms with Crippen molar-refractivity contribution >= 4 is 43.4 Å². The topological polar surface area (TPSA) is 43.6 Å². The predicted octanol–water partition coefficient (Wildman–Crippen LogP) is 13.6. The first-order valence-electron chi connectivity index (χ1n) is 19.3. The zero-order chi connectivity index (χ0) is 37.7. The molecule has 57 heavy (non-hydrogen) atoms. The van der Waals surface area contributed by atoms with Crippen molar-refractivity contribution in [1.29, 1.82) is 0 Å². The van der Waals surface area contributed by atoms with Crippen molar-refractivity contribution in [2.24, 2.45) is 0 Å². The molecule has 266 valence electrons. The zero-order valence-corrected chi connectivity index (χ0v) is 30.9. The molecule has 0 radical (unpaired) electrons. The largest absolute Gasteiger partial charge is 0.309 e. The van der Waals surface area contributed by atoms with Crippen molar-refractivity contribution in [3.63, 3.8) is 0 Å². The molecule has 0 fully saturated rings. The first-order chi connectivity index (χ1) is 28.3. The molecule has 4 heteroatoms. The number of benzene rings is 9. The highest BCUT2D eigenvalue weighted by molar-refractivity contribution is 6.10. The van der Waals surface area contributed by atoms with Crippen LogP contribution in [0.15, 0.2) is 206 Å². The Morgan fingerprint density at radius 3 is 1.47 bits per heavy atom. The van der Waals surface area contributed by atoms with Crippen molar-refractivity contribution in [2.45, 2.75) is 0 Å². The van der Waals surface area contributed by atoms with Gasteiger partial charge < -0.3 is 4.57 Å². The van der Waals surface area contributed by atoms with Gasteiger partial charge in [-0.05, 0) is 62.5 Å². The third-order valence-electron chi connectivity index (χ3n) is 11.1. The predicted molar refractivity (Wildman–Crippen MR) is 236 cm³/mol. The molecule has 11 rings (SSSR count). The van der Waals surface area contributed by atoms with E-state index in [1.165, 1.54) is 26.9 Å². The van der Waals surface area contributed by atoms with E-state index in [9.17, 15) is 0 Å². The fraction of sp³-hybridized carbons (Fsp3) is 0. The van der Waals surface area contributed by atoms with Crippen LogP contribution in [0, 0.1) is 0 Å². The summed E-state index contributed by atoms with van der Waals surface area (Å²) in [7, 11) is 0. The number of para-hydroxylation sites is 2. The van der Waals surface area contributed by atoms with E-state index in [1.807, 2.05) is 6.07 Å². The van der Waals surface area contributed by atoms with Crippen LogP contribution >= 0.6 is 0 Å². The fourth-order valence-electron chi connectivity index (χ4n) is 8.35. The van der Waals surface area contributed by atoms with Gasteiger partial charge >= 0.3 is 0 Å². The molecule has 0 unspecified atom stereocenters. The molecule has 0 aliphatic carbocycles. The van der Waals surface area contributed by atoms with Crippen LogP contribution in [0.1, 0.15) is 0 Å². The highest BCUT2D eigenvalue weighted by Crippen LogP contribution is 2.39. The highest BCUT2D eigenvalue weighted by atomic mass is 15.0. The molecule has 2 heterocycles. The van der Waals surface area contributed by atoms with Crippen LogP contribution < -0.4 is 0 Å². The van der Waals surface area contributed by atoms with Crippen LogP contribution in [0.3, 0.4) is 0 Å². The van der Waals surface area contributed by atoms with E-state index in [0.717, 1.165) is 61.1 Å². The summed E-state index contributed by atoms with van der Waals surface area (Å²) in [4.78, 5) is 15.8. The van der Waals surface area contributed by atoms with E-state index in [2.05, 4.69) is 205 Å². The number of hydrogen-bond acceptors (Lipinski definition) is 3. The monoisotopic (exact) mass is 726 g/mol. The summed E-state index contributed by atoms with van der Waals surface area (Å²) >= 11 is 0. The minimum absolute atomic E-state index is 0.609. The smallest absolute Gasteiger partial charge is 0.164 e. The summed E-state index contributed by atoms with van der Waals surface area (Å²) in [5, 5.41) is 7.21. The Kier molecular flexibility index (Phi) is 7.78. The Morgan fingerprint density at radius 1 is 0.281 bits per heavy atom. The molecule has 4 nitrogen and oxygen atoms in total. The van der Waals surface area contributed by atoms with Gasteiger partial charge in [0, 0.05) is 33.0 Å². The quantitative estimate of drug-likeness (QED) is 0.160. The van der Waals surface area contributed by atoms with E-state index < -0.39 is 0 Å². The lowest BCUT2D eigenvalue weighted by atomic mass is 9.98. The highest BCUT2D eigenvalue weighted by Gasteiger charge is 2.20. The van der Waals surface area contributed by atoms with Gasteiger partial charge in [-0.1, -0.05) is 182 Å². The molecular formula is C53H34N4. The number of nitrogens with zero attached hydrogens (tertiary/aromatic N) is 4. The molecule has 0 saturated carbocycles. The standard InChI is InChI=1S/C53H34N4/c1-3-15-35(16-4-1)42-21-9-10-24-47(42)53-55-51(39-29-31-43-38(33-39)28-27-37-19-7-8-20-41(37)43)54-52(56-53)40-30-32-44(36-17-5-2-6-18-36)50(34-40)57-48-25-13-11-22-45(48)46-23-12-14-26-49(46)57/h1-34H. The second-order valence-electron chi connectivity index (χ2n) is 14.4. The maximum absolute atomic E-state index is 5.31. The Morgan fingerprint density at radius 2 is 0.772 bits per heavy atom. The molecule has 0 atom stereocenters. The van der Waals surface area contributed by atoms with Crippen molar-refractivity contribution < 1.29 is 0 Å². The average Bonchev–Trinajstić information content (AvgIpc) is 3.63. The van der Waals surface area contributed by atoms with Gasteiger partial charge in [0.1, 0.15) is 0 Å². The number of fused-ring (bicyclic) bond motifs is 6. The average molecular weight is 727 g/mol. The molecule has 9 aromatic carbocycles. The molecule has 2 aromatic heterocycles. The minimum Gasteiger partial charge on any atom is -0.309 e. The molecule has 0 saturated heterocycles. The van der Waals surface area contributed by atoms with E-state index in [4.69, 9.17) is 15.0 Å². The van der Waals surface area contributed by atoms with Crippen LogP contribution in [0.2, 0.25) is 0 Å². The normalized spacial score (nSPS) is 11.5. The van der Waals surface area contributed by atoms with Gasteiger partial charge in [-0.2, -0.15) is 0 Å². The first kappa shape index (κ1) is 32.7. The summed E-state index contributed by atoms with van der Waals surface area (Å²) in [5.41, 5.74) is 10.6. The zero-order valence-electron chi connectivity index (χ0n) is 30.9. The second kappa shape index (κ2) is 13.6. The van der Waals surface area contributed by atoms with E-state index in [0.29, 0.717) is 17.5 Å². The summed E-state index contributed by atoms with van der Waals surface area (Å²) < 4.78 is 2.39. The van der Waals surface area contributed by atoms with Crippen molar-refractivity contribution in [3.05, 3.63) is 206 Å². The van der Waals surface area contributed by atoms with Crippen LogP contribution in [0.5, 0.6) is 0 Å². The summed E-state index contributed by atoms with van der Waals surface area (Å²) in [6.45, 7) is 0. The van der Waals surface area contributed by atoms with Crippen molar-refractivity contribution in [2.75, 3.05) is 0 Å². The van der Waals surface area contributed by atoms with Crippen LogP contribution in [-0.4, -0.2) is 19.5 Å². The third kappa shape index (κ3) is 5.66. The van der Waals surface area contributed by atoms with Crippen LogP contribution in [0.25, 0.3) is 105 Å². The Hall–Kier alpha value is -7.69. The van der Waals surface area contributed by atoms with Gasteiger partial charge in [-0.25, -0.2) is 15.0 Å². The van der Waals surface area contributed by atoms with Gasteiger partial charge in [-0.15, -0.1) is 0 Å². The molecular weight excluding hydrogens is 693 g/mol. The lowest BCUT2D eigenvalue weighted by molar-refractivity contribution is 1.07. The second-order valence-corrected chi connectivity index (χ2v) is 14.4. The van der Waals surface area contributed by atoms with E-state index in [-0.39, 0.29) is 0 Å². The molecule has 0 amide bonds. The van der Waals surface area contributed by atoms with Crippen LogP contribution in [-0.2, 0) is 0 Å². The van der Waals surface area contributed by atoms with Gasteiger partial charge in [0.2, 0.25) is 0 Å². The lowest BCUT2D eigenvalue weighted by Gasteiger charge is -2.17. The van der Waals surface area contributed by atoms with Crippen LogP contribution in [0.4, 0.5) is 0 Å². The van der Waals surface area contributed by atoms with E-state index >= 15 is 0 Å². The fourth-order valence-corrected chi connectivity index (χ4v) is 8.35. The summed E-state index contributed by atoms with van der Waals surface area (Å²) in [6.07, 6.45) is 0. The molecule has 0 aliphatic rings. The molecule has 0 spiro atoms. The first-order valence-corrected chi connectivity index (χ1v) is 19.3. The van der Waals surface area contributed by atoms with Gasteiger partial charge in [0.15, 0.2) is 17.5 Å². The van der Waals surface area contributed by atoms with Gasteiger partial charge in [0.25, 0.3) is 0 Å².